The molecule has 2 N–H and O–H groups in total. The minimum absolute atomic E-state index is 0.0474. The number of anilines is 1. The van der Waals surface area contributed by atoms with Crippen molar-refractivity contribution < 1.29 is 9.72 Å². The molecule has 8 heteroatoms. The molecule has 0 aliphatic carbocycles. The van der Waals surface area contributed by atoms with E-state index < -0.39 is 10.8 Å². The number of nitrogens with zero attached hydrogens (tertiary/aromatic N) is 2. The number of thiocarbonyl (C=S) groups is 1. The summed E-state index contributed by atoms with van der Waals surface area (Å²) < 4.78 is 0. The van der Waals surface area contributed by atoms with E-state index in [-0.39, 0.29) is 16.4 Å². The fourth-order valence-corrected chi connectivity index (χ4v) is 1.94. The van der Waals surface area contributed by atoms with E-state index in [0.29, 0.717) is 11.3 Å². The number of amides is 1. The van der Waals surface area contributed by atoms with E-state index in [0.717, 1.165) is 0 Å². The number of carbonyl (C=O) groups is 1. The highest BCUT2D eigenvalue weighted by molar-refractivity contribution is 7.80. The minimum Gasteiger partial charge on any atom is -0.332 e. The van der Waals surface area contributed by atoms with Crippen LogP contribution in [0.3, 0.4) is 0 Å². The second-order valence-electron chi connectivity index (χ2n) is 4.40. The maximum Gasteiger partial charge on any atom is 0.270 e. The first-order chi connectivity index (χ1) is 11.0. The highest BCUT2D eigenvalue weighted by Gasteiger charge is 2.12. The topological polar surface area (TPSA) is 108 Å². The molecule has 0 aliphatic heterocycles. The number of non-ortho nitro benzene ring substituents is 1. The van der Waals surface area contributed by atoms with Crippen LogP contribution in [-0.4, -0.2) is 15.9 Å². The Hall–Kier alpha value is -3.31. The number of nitro benzene ring substituents is 1. The SMILES string of the molecule is N#Cc1ccc(NC(=S)NC(=O)c2cccc([N+](=O)[O-])c2)cc1. The van der Waals surface area contributed by atoms with Crippen molar-refractivity contribution in [3.05, 3.63) is 69.8 Å². The molecule has 0 radical (unpaired) electrons. The van der Waals surface area contributed by atoms with Crippen molar-refractivity contribution in [2.45, 2.75) is 0 Å². The average molecular weight is 326 g/mol. The molecular weight excluding hydrogens is 316 g/mol. The first-order valence-electron chi connectivity index (χ1n) is 6.36. The lowest BCUT2D eigenvalue weighted by Gasteiger charge is -2.09. The number of benzene rings is 2. The van der Waals surface area contributed by atoms with Gasteiger partial charge in [0.05, 0.1) is 16.6 Å². The Kier molecular flexibility index (Phi) is 4.96. The Morgan fingerprint density at radius 1 is 1.22 bits per heavy atom. The van der Waals surface area contributed by atoms with Crippen LogP contribution in [0.1, 0.15) is 15.9 Å². The quantitative estimate of drug-likeness (QED) is 0.510. The summed E-state index contributed by atoms with van der Waals surface area (Å²) in [6.07, 6.45) is 0. The molecule has 0 fully saturated rings. The summed E-state index contributed by atoms with van der Waals surface area (Å²) in [6, 6.07) is 13.8. The predicted molar refractivity (Wildman–Crippen MR) is 87.9 cm³/mol. The smallest absolute Gasteiger partial charge is 0.270 e. The maximum absolute atomic E-state index is 12.0. The fourth-order valence-electron chi connectivity index (χ4n) is 1.73. The number of carbonyl (C=O) groups excluding carboxylic acids is 1. The van der Waals surface area contributed by atoms with Crippen molar-refractivity contribution in [1.29, 1.82) is 5.26 Å². The zero-order valence-electron chi connectivity index (χ0n) is 11.6. The summed E-state index contributed by atoms with van der Waals surface area (Å²) in [6.45, 7) is 0. The van der Waals surface area contributed by atoms with Gasteiger partial charge >= 0.3 is 0 Å². The fraction of sp³-hybridized carbons (Fsp3) is 0. The summed E-state index contributed by atoms with van der Waals surface area (Å²) in [5.41, 5.74) is 1.06. The Balaban J connectivity index is 2.02. The largest absolute Gasteiger partial charge is 0.332 e. The molecule has 114 valence electrons. The van der Waals surface area contributed by atoms with Gasteiger partial charge in [0.1, 0.15) is 0 Å². The lowest BCUT2D eigenvalue weighted by atomic mass is 10.2. The Labute approximate surface area is 136 Å². The van der Waals surface area contributed by atoms with Gasteiger partial charge < -0.3 is 5.32 Å². The summed E-state index contributed by atoms with van der Waals surface area (Å²) in [5, 5.41) is 24.7. The zero-order chi connectivity index (χ0) is 16.8. The van der Waals surface area contributed by atoms with Crippen LogP contribution in [0, 0.1) is 21.4 Å². The molecule has 2 rings (SSSR count). The van der Waals surface area contributed by atoms with Crippen LogP contribution in [0.25, 0.3) is 0 Å². The third kappa shape index (κ3) is 4.33. The number of hydrogen-bond donors (Lipinski definition) is 2. The van der Waals surface area contributed by atoms with Crippen LogP contribution < -0.4 is 10.6 Å². The molecule has 23 heavy (non-hydrogen) atoms. The summed E-state index contributed by atoms with van der Waals surface area (Å²) in [5.74, 6) is -0.556. The third-order valence-electron chi connectivity index (χ3n) is 2.82. The Bertz CT molecular complexity index is 812. The van der Waals surface area contributed by atoms with Gasteiger partial charge in [0.25, 0.3) is 11.6 Å². The summed E-state index contributed by atoms with van der Waals surface area (Å²) in [4.78, 5) is 22.1. The monoisotopic (exact) mass is 326 g/mol. The van der Waals surface area contributed by atoms with Crippen molar-refractivity contribution >= 4 is 34.6 Å². The highest BCUT2D eigenvalue weighted by Crippen LogP contribution is 2.13. The van der Waals surface area contributed by atoms with E-state index in [4.69, 9.17) is 17.5 Å². The van der Waals surface area contributed by atoms with Gasteiger partial charge in [0, 0.05) is 23.4 Å². The third-order valence-corrected chi connectivity index (χ3v) is 3.02. The van der Waals surface area contributed by atoms with Crippen molar-refractivity contribution in [3.63, 3.8) is 0 Å². The number of nitrogens with one attached hydrogen (secondary N) is 2. The molecule has 1 amide bonds. The molecule has 2 aromatic carbocycles. The second kappa shape index (κ2) is 7.11. The average Bonchev–Trinajstić information content (AvgIpc) is 2.55. The number of nitriles is 1. The Morgan fingerprint density at radius 2 is 1.91 bits per heavy atom. The van der Waals surface area contributed by atoms with E-state index in [1.54, 1.807) is 24.3 Å². The minimum atomic E-state index is -0.579. The van der Waals surface area contributed by atoms with Crippen LogP contribution in [-0.2, 0) is 0 Å². The van der Waals surface area contributed by atoms with Gasteiger partial charge in [0.15, 0.2) is 5.11 Å². The standard InChI is InChI=1S/C15H10N4O3S/c16-9-10-4-6-12(7-5-10)17-15(23)18-14(20)11-2-1-3-13(8-11)19(21)22/h1-8H,(H2,17,18,20,23). The number of hydrogen-bond acceptors (Lipinski definition) is 5. The van der Waals surface area contributed by atoms with Gasteiger partial charge in [0.2, 0.25) is 0 Å². The van der Waals surface area contributed by atoms with E-state index in [1.165, 1.54) is 24.3 Å². The molecule has 0 atom stereocenters. The van der Waals surface area contributed by atoms with Crippen molar-refractivity contribution in [2.75, 3.05) is 5.32 Å². The van der Waals surface area contributed by atoms with Crippen molar-refractivity contribution in [3.8, 4) is 6.07 Å². The van der Waals surface area contributed by atoms with Gasteiger partial charge in [-0.05, 0) is 42.5 Å². The zero-order valence-corrected chi connectivity index (χ0v) is 12.5. The van der Waals surface area contributed by atoms with Crippen LogP contribution in [0.5, 0.6) is 0 Å². The lowest BCUT2D eigenvalue weighted by Crippen LogP contribution is -2.34. The molecule has 0 bridgehead atoms. The molecule has 7 nitrogen and oxygen atoms in total. The van der Waals surface area contributed by atoms with Crippen LogP contribution >= 0.6 is 12.2 Å². The van der Waals surface area contributed by atoms with E-state index in [2.05, 4.69) is 10.6 Å². The van der Waals surface area contributed by atoms with E-state index in [9.17, 15) is 14.9 Å². The van der Waals surface area contributed by atoms with Crippen LogP contribution in [0.15, 0.2) is 48.5 Å². The highest BCUT2D eigenvalue weighted by atomic mass is 32.1. The predicted octanol–water partition coefficient (Wildman–Crippen LogP) is 2.59. The Morgan fingerprint density at radius 3 is 2.52 bits per heavy atom. The van der Waals surface area contributed by atoms with Crippen LogP contribution in [0.4, 0.5) is 11.4 Å². The van der Waals surface area contributed by atoms with Gasteiger partial charge in [-0.3, -0.25) is 20.2 Å². The maximum atomic E-state index is 12.0. The lowest BCUT2D eigenvalue weighted by molar-refractivity contribution is -0.384. The molecule has 0 saturated heterocycles. The molecule has 0 saturated carbocycles. The molecule has 0 spiro atoms. The van der Waals surface area contributed by atoms with Gasteiger partial charge in [-0.1, -0.05) is 6.07 Å². The summed E-state index contributed by atoms with van der Waals surface area (Å²) >= 11 is 5.02. The van der Waals surface area contributed by atoms with Gasteiger partial charge in [-0.2, -0.15) is 5.26 Å². The van der Waals surface area contributed by atoms with E-state index >= 15 is 0 Å². The number of rotatable bonds is 3. The van der Waals surface area contributed by atoms with Crippen LogP contribution in [0.2, 0.25) is 0 Å². The molecule has 2 aromatic rings. The first-order valence-corrected chi connectivity index (χ1v) is 6.77. The normalized spacial score (nSPS) is 9.52. The summed E-state index contributed by atoms with van der Waals surface area (Å²) in [7, 11) is 0. The molecule has 0 heterocycles. The second-order valence-corrected chi connectivity index (χ2v) is 4.81. The van der Waals surface area contributed by atoms with Crippen molar-refractivity contribution in [1.82, 2.24) is 5.32 Å². The molecule has 0 aromatic heterocycles. The first kappa shape index (κ1) is 16.1. The van der Waals surface area contributed by atoms with Gasteiger partial charge in [-0.25, -0.2) is 0 Å². The van der Waals surface area contributed by atoms with Gasteiger partial charge in [-0.15, -0.1) is 0 Å². The molecule has 0 aliphatic rings. The number of nitro groups is 1. The van der Waals surface area contributed by atoms with E-state index in [1.807, 2.05) is 6.07 Å². The van der Waals surface area contributed by atoms with Crippen molar-refractivity contribution in [2.24, 2.45) is 0 Å². The molecular formula is C15H10N4O3S. The molecule has 0 unspecified atom stereocenters.